The molecule has 0 aliphatic heterocycles. The minimum absolute atomic E-state index is 0.0284. The van der Waals surface area contributed by atoms with Crippen molar-refractivity contribution in [2.45, 2.75) is 58.0 Å². The Morgan fingerprint density at radius 3 is 2.82 bits per heavy atom. The fourth-order valence-electron chi connectivity index (χ4n) is 3.95. The van der Waals surface area contributed by atoms with Gasteiger partial charge in [0.1, 0.15) is 0 Å². The van der Waals surface area contributed by atoms with Crippen molar-refractivity contribution in [3.63, 3.8) is 0 Å². The number of aromatic amines is 1. The average Bonchev–Trinajstić information content (AvgIpc) is 2.70. The van der Waals surface area contributed by atoms with Crippen LogP contribution in [0, 0.1) is 6.92 Å². The van der Waals surface area contributed by atoms with Gasteiger partial charge < -0.3 is 19.9 Å². The van der Waals surface area contributed by atoms with E-state index < -0.39 is 0 Å². The van der Waals surface area contributed by atoms with Gasteiger partial charge in [0.2, 0.25) is 0 Å². The fourth-order valence-corrected chi connectivity index (χ4v) is 4.26. The molecule has 3 rings (SSSR count). The number of benzene rings is 1. The van der Waals surface area contributed by atoms with Crippen LogP contribution < -0.4 is 10.9 Å². The van der Waals surface area contributed by atoms with Gasteiger partial charge in [-0.2, -0.15) is 0 Å². The maximum absolute atomic E-state index is 12.7. The highest BCUT2D eigenvalue weighted by Crippen LogP contribution is 2.24. The number of aryl methyl sites for hydroxylation is 1. The Hall–Kier alpha value is -1.92. The summed E-state index contributed by atoms with van der Waals surface area (Å²) in [5.41, 5.74) is 2.80. The average molecular weight is 402 g/mol. The first-order valence-electron chi connectivity index (χ1n) is 10.2. The molecule has 0 atom stereocenters. The number of nitrogens with one attached hydrogen (secondary N) is 2. The van der Waals surface area contributed by atoms with E-state index in [-0.39, 0.29) is 5.56 Å². The van der Waals surface area contributed by atoms with Crippen LogP contribution in [0.15, 0.2) is 29.1 Å². The van der Waals surface area contributed by atoms with Crippen molar-refractivity contribution in [3.05, 3.63) is 45.7 Å². The number of pyridine rings is 1. The summed E-state index contributed by atoms with van der Waals surface area (Å²) >= 11 is 5.73. The van der Waals surface area contributed by atoms with Crippen LogP contribution in [0.2, 0.25) is 0 Å². The van der Waals surface area contributed by atoms with E-state index in [4.69, 9.17) is 17.0 Å². The molecule has 1 heterocycles. The van der Waals surface area contributed by atoms with Crippen molar-refractivity contribution in [1.82, 2.24) is 15.2 Å². The summed E-state index contributed by atoms with van der Waals surface area (Å²) in [6.07, 6.45) is 6.90. The van der Waals surface area contributed by atoms with Crippen molar-refractivity contribution < 1.29 is 4.74 Å². The number of rotatable bonds is 7. The quantitative estimate of drug-likeness (QED) is 0.545. The zero-order valence-electron chi connectivity index (χ0n) is 16.9. The lowest BCUT2D eigenvalue weighted by Crippen LogP contribution is -2.47. The minimum Gasteiger partial charge on any atom is -0.385 e. The standard InChI is InChI=1S/C22H31N3O2S/c1-16-9-10-20-17(13-16)14-18(21(26)24-20)15-25(19-7-4-3-5-8-19)22(28)23-11-6-12-27-2/h9-10,13-14,19H,3-8,11-12,15H2,1-2H3,(H,23,28)(H,24,26). The molecule has 0 saturated heterocycles. The minimum atomic E-state index is -0.0284. The molecular formula is C22H31N3O2S. The van der Waals surface area contributed by atoms with Crippen molar-refractivity contribution >= 4 is 28.2 Å². The van der Waals surface area contributed by atoms with E-state index >= 15 is 0 Å². The summed E-state index contributed by atoms with van der Waals surface area (Å²) in [5.74, 6) is 0. The van der Waals surface area contributed by atoms with Gasteiger partial charge in [-0.1, -0.05) is 30.9 Å². The molecule has 1 aromatic heterocycles. The smallest absolute Gasteiger partial charge is 0.253 e. The Kier molecular flexibility index (Phi) is 7.45. The van der Waals surface area contributed by atoms with Gasteiger partial charge >= 0.3 is 0 Å². The maximum atomic E-state index is 12.7. The number of fused-ring (bicyclic) bond motifs is 1. The van der Waals surface area contributed by atoms with Crippen LogP contribution in [0.1, 0.15) is 49.7 Å². The lowest BCUT2D eigenvalue weighted by Gasteiger charge is -2.36. The highest BCUT2D eigenvalue weighted by atomic mass is 32.1. The zero-order valence-corrected chi connectivity index (χ0v) is 17.7. The summed E-state index contributed by atoms with van der Waals surface area (Å²) in [7, 11) is 1.71. The predicted octanol–water partition coefficient (Wildman–Crippen LogP) is 3.88. The number of hydrogen-bond acceptors (Lipinski definition) is 3. The number of H-pyrrole nitrogens is 1. The Morgan fingerprint density at radius 1 is 1.29 bits per heavy atom. The number of nitrogens with zero attached hydrogens (tertiary/aromatic N) is 1. The van der Waals surface area contributed by atoms with E-state index in [1.54, 1.807) is 7.11 Å². The van der Waals surface area contributed by atoms with E-state index in [0.717, 1.165) is 47.4 Å². The molecule has 0 amide bonds. The Bertz CT molecular complexity index is 858. The topological polar surface area (TPSA) is 57.4 Å². The van der Waals surface area contributed by atoms with Gasteiger partial charge in [0, 0.05) is 37.4 Å². The highest BCUT2D eigenvalue weighted by molar-refractivity contribution is 7.80. The monoisotopic (exact) mass is 401 g/mol. The molecule has 0 spiro atoms. The first kappa shape index (κ1) is 20.8. The van der Waals surface area contributed by atoms with Gasteiger partial charge in [-0.15, -0.1) is 0 Å². The molecule has 1 aromatic carbocycles. The van der Waals surface area contributed by atoms with E-state index in [0.29, 0.717) is 19.2 Å². The van der Waals surface area contributed by atoms with E-state index in [9.17, 15) is 4.79 Å². The van der Waals surface area contributed by atoms with Crippen molar-refractivity contribution in [1.29, 1.82) is 0 Å². The predicted molar refractivity (Wildman–Crippen MR) is 119 cm³/mol. The van der Waals surface area contributed by atoms with Crippen molar-refractivity contribution in [2.75, 3.05) is 20.3 Å². The second-order valence-electron chi connectivity index (χ2n) is 7.71. The molecule has 0 radical (unpaired) electrons. The molecule has 0 bridgehead atoms. The molecule has 2 aromatic rings. The molecule has 1 fully saturated rings. The molecule has 0 unspecified atom stereocenters. The fraction of sp³-hybridized carbons (Fsp3) is 0.545. The molecule has 6 heteroatoms. The summed E-state index contributed by atoms with van der Waals surface area (Å²) in [5, 5.41) is 5.18. The molecule has 1 aliphatic carbocycles. The second-order valence-corrected chi connectivity index (χ2v) is 8.10. The van der Waals surface area contributed by atoms with Gasteiger partial charge in [-0.3, -0.25) is 4.79 Å². The summed E-state index contributed by atoms with van der Waals surface area (Å²) in [4.78, 5) is 18.0. The van der Waals surface area contributed by atoms with Crippen LogP contribution in [0.4, 0.5) is 0 Å². The lowest BCUT2D eigenvalue weighted by molar-refractivity contribution is 0.194. The summed E-state index contributed by atoms with van der Waals surface area (Å²) < 4.78 is 5.12. The number of thiocarbonyl (C=S) groups is 1. The maximum Gasteiger partial charge on any atom is 0.253 e. The normalized spacial score (nSPS) is 14.9. The first-order chi connectivity index (χ1) is 13.6. The van der Waals surface area contributed by atoms with Crippen LogP contribution >= 0.6 is 12.2 Å². The van der Waals surface area contributed by atoms with Crippen LogP contribution in [0.25, 0.3) is 10.9 Å². The summed E-state index contributed by atoms with van der Waals surface area (Å²) in [6.45, 7) is 4.10. The van der Waals surface area contributed by atoms with Crippen LogP contribution in [0.3, 0.4) is 0 Å². The first-order valence-corrected chi connectivity index (χ1v) is 10.7. The molecule has 2 N–H and O–H groups in total. The highest BCUT2D eigenvalue weighted by Gasteiger charge is 2.24. The second kappa shape index (κ2) is 10.0. The molecule has 5 nitrogen and oxygen atoms in total. The third-order valence-corrected chi connectivity index (χ3v) is 5.87. The Labute approximate surface area is 172 Å². The lowest BCUT2D eigenvalue weighted by atomic mass is 9.94. The number of hydrogen-bond donors (Lipinski definition) is 2. The van der Waals surface area contributed by atoms with Gasteiger partial charge in [0.25, 0.3) is 5.56 Å². The Morgan fingerprint density at radius 2 is 2.07 bits per heavy atom. The van der Waals surface area contributed by atoms with Gasteiger partial charge in [0.05, 0.1) is 6.54 Å². The van der Waals surface area contributed by atoms with Crippen LogP contribution in [0.5, 0.6) is 0 Å². The largest absolute Gasteiger partial charge is 0.385 e. The van der Waals surface area contributed by atoms with Crippen LogP contribution in [-0.2, 0) is 11.3 Å². The number of ether oxygens (including phenoxy) is 1. The molecule has 1 saturated carbocycles. The van der Waals surface area contributed by atoms with Gasteiger partial charge in [-0.25, -0.2) is 0 Å². The third kappa shape index (κ3) is 5.32. The molecule has 28 heavy (non-hydrogen) atoms. The van der Waals surface area contributed by atoms with Crippen molar-refractivity contribution in [3.8, 4) is 0 Å². The number of methoxy groups -OCH3 is 1. The molecule has 1 aliphatic rings. The summed E-state index contributed by atoms with van der Waals surface area (Å²) in [6, 6.07) is 8.51. The Balaban J connectivity index is 1.81. The van der Waals surface area contributed by atoms with Gasteiger partial charge in [0.15, 0.2) is 5.11 Å². The molecule has 152 valence electrons. The van der Waals surface area contributed by atoms with Crippen LogP contribution in [-0.4, -0.2) is 41.3 Å². The van der Waals surface area contributed by atoms with Crippen molar-refractivity contribution in [2.24, 2.45) is 0 Å². The zero-order chi connectivity index (χ0) is 19.9. The van der Waals surface area contributed by atoms with E-state index in [1.165, 1.54) is 24.8 Å². The third-order valence-electron chi connectivity index (χ3n) is 5.50. The number of aromatic nitrogens is 1. The molecular weight excluding hydrogens is 370 g/mol. The van der Waals surface area contributed by atoms with Gasteiger partial charge in [-0.05, 0) is 62.0 Å². The SMILES string of the molecule is COCCCNC(=S)N(Cc1cc2cc(C)ccc2[nH]c1=O)C1CCCCC1. The van der Waals surface area contributed by atoms with E-state index in [1.807, 2.05) is 18.2 Å². The van der Waals surface area contributed by atoms with E-state index in [2.05, 4.69) is 28.2 Å².